The molecule has 2 spiro atoms. The number of aliphatic hydroxyl groups excluding tert-OH is 2. The van der Waals surface area contributed by atoms with Crippen molar-refractivity contribution in [2.24, 2.45) is 11.3 Å². The minimum atomic E-state index is -2.31. The third-order valence-electron chi connectivity index (χ3n) is 10.5. The fourth-order valence-corrected chi connectivity index (χ4v) is 8.48. The molecule has 0 amide bonds. The predicted octanol–water partition coefficient (Wildman–Crippen LogP) is 4.01. The fraction of sp³-hybridized carbons (Fsp3) is 0.679. The summed E-state index contributed by atoms with van der Waals surface area (Å²) in [6.45, 7) is 2.20. The van der Waals surface area contributed by atoms with E-state index in [0.717, 1.165) is 5.56 Å². The second-order valence-corrected chi connectivity index (χ2v) is 12.1. The number of alkyl halides is 2. The number of nitrogens with zero attached hydrogens (tertiary/aromatic N) is 2. The summed E-state index contributed by atoms with van der Waals surface area (Å²) in [5, 5.41) is 21.8. The maximum Gasteiger partial charge on any atom is 0.171 e. The van der Waals surface area contributed by atoms with Crippen LogP contribution in [0.1, 0.15) is 57.4 Å². The number of ether oxygens (including phenoxy) is 1. The van der Waals surface area contributed by atoms with E-state index in [1.165, 1.54) is 5.57 Å². The Kier molecular flexibility index (Phi) is 5.04. The first-order valence-corrected chi connectivity index (χ1v) is 12.9. The number of likely N-dealkylation sites (N-methyl/N-ethyl adjacent to an activating group) is 1. The fourth-order valence-electron chi connectivity index (χ4n) is 8.48. The van der Waals surface area contributed by atoms with Gasteiger partial charge >= 0.3 is 0 Å². The maximum absolute atomic E-state index is 17.0. The zero-order valence-electron chi connectivity index (χ0n) is 20.8. The molecule has 2 saturated carbocycles. The molecule has 2 N–H and O–H groups in total. The van der Waals surface area contributed by atoms with Gasteiger partial charge in [0.2, 0.25) is 0 Å². The summed E-state index contributed by atoms with van der Waals surface area (Å²) in [5.41, 5.74) is -4.66. The summed E-state index contributed by atoms with van der Waals surface area (Å²) in [6.07, 6.45) is 9.05. The van der Waals surface area contributed by atoms with Crippen LogP contribution in [-0.2, 0) is 4.74 Å². The molecule has 2 saturated heterocycles. The summed E-state index contributed by atoms with van der Waals surface area (Å²) < 4.78 is 40.6. The van der Waals surface area contributed by atoms with E-state index in [1.807, 2.05) is 43.4 Å². The molecule has 3 unspecified atom stereocenters. The Hall–Kier alpha value is -1.67. The molecule has 5 nitrogen and oxygen atoms in total. The number of hydrogen-bond acceptors (Lipinski definition) is 5. The van der Waals surface area contributed by atoms with Crippen LogP contribution in [0.15, 0.2) is 42.3 Å². The molecule has 6 rings (SSSR count). The Morgan fingerprint density at radius 2 is 1.94 bits per heavy atom. The first-order valence-electron chi connectivity index (χ1n) is 12.9. The first kappa shape index (κ1) is 23.7. The highest BCUT2D eigenvalue weighted by Crippen LogP contribution is 2.73. The van der Waals surface area contributed by atoms with Gasteiger partial charge in [-0.3, -0.25) is 4.98 Å². The monoisotopic (exact) mass is 486 g/mol. The first-order chi connectivity index (χ1) is 16.5. The van der Waals surface area contributed by atoms with Crippen LogP contribution in [-0.4, -0.2) is 75.0 Å². The molecule has 5 aliphatic rings. The third-order valence-corrected chi connectivity index (χ3v) is 10.5. The molecular formula is C28H36F2N2O3. The highest BCUT2D eigenvalue weighted by molar-refractivity contribution is 5.54. The van der Waals surface area contributed by atoms with Gasteiger partial charge in [-0.1, -0.05) is 31.2 Å². The molecule has 0 aromatic carbocycles. The molecule has 3 aliphatic carbocycles. The summed E-state index contributed by atoms with van der Waals surface area (Å²) in [4.78, 5) is 5.99. The van der Waals surface area contributed by atoms with Crippen LogP contribution in [0.4, 0.5) is 8.78 Å². The molecule has 2 aliphatic heterocycles. The second kappa shape index (κ2) is 7.44. The van der Waals surface area contributed by atoms with E-state index in [0.29, 0.717) is 25.7 Å². The highest BCUT2D eigenvalue weighted by atomic mass is 19.2. The number of pyridine rings is 1. The van der Waals surface area contributed by atoms with Gasteiger partial charge in [0.1, 0.15) is 23.0 Å². The number of hydrogen-bond donors (Lipinski definition) is 2. The van der Waals surface area contributed by atoms with Crippen LogP contribution in [0.3, 0.4) is 0 Å². The molecule has 3 heterocycles. The van der Waals surface area contributed by atoms with Gasteiger partial charge in [0.25, 0.3) is 0 Å². The van der Waals surface area contributed by atoms with Gasteiger partial charge in [-0.2, -0.15) is 0 Å². The van der Waals surface area contributed by atoms with Crippen molar-refractivity contribution in [3.8, 4) is 0 Å². The summed E-state index contributed by atoms with van der Waals surface area (Å²) in [6, 6.07) is 3.45. The minimum Gasteiger partial charge on any atom is -0.389 e. The van der Waals surface area contributed by atoms with Crippen LogP contribution in [0, 0.1) is 11.3 Å². The van der Waals surface area contributed by atoms with Crippen LogP contribution in [0.5, 0.6) is 0 Å². The number of fused-ring (bicyclic) bond motifs is 1. The van der Waals surface area contributed by atoms with Crippen molar-refractivity contribution in [3.63, 3.8) is 0 Å². The molecule has 2 bridgehead atoms. The van der Waals surface area contributed by atoms with Crippen molar-refractivity contribution in [2.75, 3.05) is 14.1 Å². The molecule has 1 aromatic heterocycles. The topological polar surface area (TPSA) is 65.8 Å². The number of aromatic nitrogens is 1. The maximum atomic E-state index is 17.0. The lowest BCUT2D eigenvalue weighted by Gasteiger charge is -2.65. The zero-order valence-corrected chi connectivity index (χ0v) is 20.8. The standard InChI is InChI=1S/C28H36F2N2O3/c1-24-10-11-25(29)17-27(30)23(34)22(33)20(32(2)3)15-26(27)12-13-28(25,35-26)21(24)9-8-19(24)7-6-18-5-4-14-31-16-18/h4-8,14,16,20-23,33-34H,9-13,15,17H2,1-3H3/b7-6+/t20-,21?,22+,23-,24+,25?,26+,27?,28-/m0/s1. The zero-order chi connectivity index (χ0) is 24.9. The second-order valence-electron chi connectivity index (χ2n) is 12.1. The quantitative estimate of drug-likeness (QED) is 0.676. The van der Waals surface area contributed by atoms with Crippen molar-refractivity contribution in [1.29, 1.82) is 0 Å². The van der Waals surface area contributed by atoms with Crippen LogP contribution in [0.25, 0.3) is 6.08 Å². The van der Waals surface area contributed by atoms with Crippen molar-refractivity contribution < 1.29 is 23.7 Å². The Balaban J connectivity index is 1.36. The number of halogens is 2. The smallest absolute Gasteiger partial charge is 0.171 e. The third kappa shape index (κ3) is 2.90. The lowest BCUT2D eigenvalue weighted by Crippen LogP contribution is -2.78. The van der Waals surface area contributed by atoms with Gasteiger partial charge in [-0.15, -0.1) is 0 Å². The van der Waals surface area contributed by atoms with Crippen molar-refractivity contribution >= 4 is 6.08 Å². The Morgan fingerprint density at radius 3 is 2.66 bits per heavy atom. The van der Waals surface area contributed by atoms with Gasteiger partial charge in [-0.25, -0.2) is 8.78 Å². The summed E-state index contributed by atoms with van der Waals surface area (Å²) in [5.74, 6) is -0.104. The van der Waals surface area contributed by atoms with Gasteiger partial charge in [0.05, 0.1) is 6.10 Å². The lowest BCUT2D eigenvalue weighted by atomic mass is 9.51. The molecule has 7 heteroatoms. The molecule has 1 aromatic rings. The van der Waals surface area contributed by atoms with Gasteiger partial charge < -0.3 is 19.8 Å². The molecule has 190 valence electrons. The van der Waals surface area contributed by atoms with E-state index in [9.17, 15) is 10.2 Å². The average Bonchev–Trinajstić information content (AvgIpc) is 3.36. The van der Waals surface area contributed by atoms with E-state index >= 15 is 8.78 Å². The van der Waals surface area contributed by atoms with Crippen LogP contribution >= 0.6 is 0 Å². The summed E-state index contributed by atoms with van der Waals surface area (Å²) in [7, 11) is 3.63. The molecule has 9 atom stereocenters. The predicted molar refractivity (Wildman–Crippen MR) is 129 cm³/mol. The highest BCUT2D eigenvalue weighted by Gasteiger charge is 2.82. The van der Waals surface area contributed by atoms with Gasteiger partial charge in [-0.05, 0) is 75.2 Å². The number of aliphatic hydroxyl groups is 2. The van der Waals surface area contributed by atoms with Crippen LogP contribution in [0.2, 0.25) is 0 Å². The molecule has 0 radical (unpaired) electrons. The van der Waals surface area contributed by atoms with E-state index in [4.69, 9.17) is 4.74 Å². The van der Waals surface area contributed by atoms with Gasteiger partial charge in [0.15, 0.2) is 5.67 Å². The van der Waals surface area contributed by atoms with E-state index < -0.39 is 47.2 Å². The van der Waals surface area contributed by atoms with E-state index in [-0.39, 0.29) is 24.2 Å². The van der Waals surface area contributed by atoms with Crippen molar-refractivity contribution in [1.82, 2.24) is 9.88 Å². The molecule has 35 heavy (non-hydrogen) atoms. The van der Waals surface area contributed by atoms with E-state index in [1.54, 1.807) is 6.20 Å². The van der Waals surface area contributed by atoms with Gasteiger partial charge in [0, 0.05) is 30.8 Å². The Morgan fingerprint density at radius 1 is 1.14 bits per heavy atom. The van der Waals surface area contributed by atoms with Crippen molar-refractivity contribution in [2.45, 2.75) is 92.7 Å². The summed E-state index contributed by atoms with van der Waals surface area (Å²) >= 11 is 0. The molecular weight excluding hydrogens is 450 g/mol. The average molecular weight is 487 g/mol. The van der Waals surface area contributed by atoms with E-state index in [2.05, 4.69) is 24.1 Å². The minimum absolute atomic E-state index is 0.104. The van der Waals surface area contributed by atoms with Crippen molar-refractivity contribution in [3.05, 3.63) is 47.8 Å². The Labute approximate surface area is 205 Å². The SMILES string of the molecule is CN(C)[C@H]1C[C@@]23CC[C@]4(O2)C2CC=C(/C=C/c5cccnc5)[C@@]2(C)CCC4(F)CC3(F)[C@@H](O)[C@@H]1O. The number of allylic oxidation sites excluding steroid dienone is 3. The largest absolute Gasteiger partial charge is 0.389 e. The van der Waals surface area contributed by atoms with Crippen LogP contribution < -0.4 is 0 Å². The number of rotatable bonds is 3. The molecule has 4 fully saturated rings. The normalized spacial score (nSPS) is 50.7. The lowest BCUT2D eigenvalue weighted by molar-refractivity contribution is -0.347. The Bertz CT molecular complexity index is 1080.